The molecule has 0 radical (unpaired) electrons. The van der Waals surface area contributed by atoms with Crippen LogP contribution in [0.5, 0.6) is 0 Å². The number of hydrogen-bond acceptors (Lipinski definition) is 6. The van der Waals surface area contributed by atoms with Crippen LogP contribution in [0.1, 0.15) is 25.3 Å². The third kappa shape index (κ3) is 5.65. The van der Waals surface area contributed by atoms with Crippen LogP contribution < -0.4 is 10.9 Å². The number of rotatable bonds is 9. The molecular weight excluding hydrogens is 325 g/mol. The molecule has 6 nitrogen and oxygen atoms in total. The number of esters is 1. The van der Waals surface area contributed by atoms with Crippen molar-refractivity contribution in [2.75, 3.05) is 20.7 Å². The zero-order chi connectivity index (χ0) is 18.4. The monoisotopic (exact) mass is 349 g/mol. The van der Waals surface area contributed by atoms with E-state index in [9.17, 15) is 14.0 Å². The third-order valence-electron chi connectivity index (χ3n) is 3.60. The highest BCUT2D eigenvalue weighted by Gasteiger charge is 2.33. The van der Waals surface area contributed by atoms with Gasteiger partial charge in [0.15, 0.2) is 11.8 Å². The number of hydrogen-bond donors (Lipinski definition) is 2. The van der Waals surface area contributed by atoms with Crippen molar-refractivity contribution in [2.24, 2.45) is 0 Å². The van der Waals surface area contributed by atoms with Crippen molar-refractivity contribution < 1.29 is 18.7 Å². The Morgan fingerprint density at radius 1 is 1.32 bits per heavy atom. The van der Waals surface area contributed by atoms with Crippen LogP contribution in [0.3, 0.4) is 0 Å². The Labute approximate surface area is 147 Å². The van der Waals surface area contributed by atoms with Gasteiger partial charge in [0.05, 0.1) is 6.61 Å². The molecule has 1 aromatic rings. The molecule has 1 unspecified atom stereocenters. The van der Waals surface area contributed by atoms with Gasteiger partial charge in [-0.25, -0.2) is 14.6 Å². The average molecular weight is 349 g/mol. The Morgan fingerprint density at radius 3 is 2.48 bits per heavy atom. The summed E-state index contributed by atoms with van der Waals surface area (Å²) >= 11 is 0. The highest BCUT2D eigenvalue weighted by Crippen LogP contribution is 2.20. The number of Topliss-reactive ketones (excluding diaryl/α,β-unsaturated/α-hetero) is 1. The van der Waals surface area contributed by atoms with Gasteiger partial charge in [0.1, 0.15) is 5.82 Å². The first-order valence-corrected chi connectivity index (χ1v) is 8.28. The molecule has 0 bridgehead atoms. The van der Waals surface area contributed by atoms with E-state index in [1.165, 1.54) is 24.3 Å². The molecule has 0 aliphatic heterocycles. The topological polar surface area (TPSA) is 70.7 Å². The number of halogens is 1. The first kappa shape index (κ1) is 19.1. The van der Waals surface area contributed by atoms with Gasteiger partial charge in [0.2, 0.25) is 0 Å². The van der Waals surface area contributed by atoms with Gasteiger partial charge in [-0.1, -0.05) is 12.1 Å². The van der Waals surface area contributed by atoms with E-state index >= 15 is 0 Å². The van der Waals surface area contributed by atoms with Crippen LogP contribution in [0.4, 0.5) is 4.39 Å². The molecular formula is C18H24FN3O3. The molecule has 0 aromatic heterocycles. The second-order valence-corrected chi connectivity index (χ2v) is 6.13. The molecule has 1 atom stereocenters. The Bertz CT molecular complexity index is 639. The van der Waals surface area contributed by atoms with Gasteiger partial charge in [-0.2, -0.15) is 0 Å². The lowest BCUT2D eigenvalue weighted by Crippen LogP contribution is -2.52. The number of carbonyl (C=O) groups excluding carboxylic acids is 2. The Hall–Kier alpha value is -2.25. The smallest absolute Gasteiger partial charge is 0.332 e. The maximum atomic E-state index is 13.2. The summed E-state index contributed by atoms with van der Waals surface area (Å²) in [6, 6.07) is 4.68. The minimum absolute atomic E-state index is 0.178. The summed E-state index contributed by atoms with van der Waals surface area (Å²) in [5.41, 5.74) is 6.60. The number of ketones is 1. The number of carbonyl (C=O) groups is 2. The lowest BCUT2D eigenvalue weighted by atomic mass is 9.98. The van der Waals surface area contributed by atoms with Crippen molar-refractivity contribution in [1.82, 2.24) is 15.8 Å². The average Bonchev–Trinajstić information content (AvgIpc) is 3.38. The molecule has 25 heavy (non-hydrogen) atoms. The van der Waals surface area contributed by atoms with Gasteiger partial charge in [0.25, 0.3) is 0 Å². The Morgan fingerprint density at radius 2 is 1.96 bits per heavy atom. The van der Waals surface area contributed by atoms with Crippen LogP contribution in [0.2, 0.25) is 0 Å². The molecule has 1 aliphatic carbocycles. The van der Waals surface area contributed by atoms with E-state index < -0.39 is 23.6 Å². The van der Waals surface area contributed by atoms with Crippen molar-refractivity contribution in [2.45, 2.75) is 31.8 Å². The fourth-order valence-corrected chi connectivity index (χ4v) is 2.21. The molecule has 2 N–H and O–H groups in total. The van der Waals surface area contributed by atoms with Gasteiger partial charge in [-0.3, -0.25) is 10.2 Å². The number of ether oxygens (including phenoxy) is 1. The number of hydrazine groups is 1. The van der Waals surface area contributed by atoms with E-state index in [0.29, 0.717) is 11.1 Å². The molecule has 2 rings (SSSR count). The summed E-state index contributed by atoms with van der Waals surface area (Å²) < 4.78 is 18.2. The molecule has 1 fully saturated rings. The maximum absolute atomic E-state index is 13.2. The van der Waals surface area contributed by atoms with Crippen molar-refractivity contribution >= 4 is 17.3 Å². The zero-order valence-electron chi connectivity index (χ0n) is 14.7. The van der Waals surface area contributed by atoms with Gasteiger partial charge in [0, 0.05) is 31.9 Å². The minimum atomic E-state index is -1.17. The summed E-state index contributed by atoms with van der Waals surface area (Å²) in [6.45, 7) is 1.86. The van der Waals surface area contributed by atoms with Crippen LogP contribution in [0, 0.1) is 5.82 Å². The normalized spacial score (nSPS) is 15.6. The standard InChI is InChI=1S/C18H24FN3O3/c1-4-25-18(24)16(21-20-14-9-10-14)17(23)15(11-22(2)3)12-5-7-13(19)8-6-12/h5-8,11,14,16,20-21H,4,9-10H2,1-3H3/b15-11+. The van der Waals surface area contributed by atoms with Gasteiger partial charge < -0.3 is 9.64 Å². The number of benzene rings is 1. The fourth-order valence-electron chi connectivity index (χ4n) is 2.21. The first-order chi connectivity index (χ1) is 11.9. The minimum Gasteiger partial charge on any atom is -0.464 e. The predicted octanol–water partition coefficient (Wildman–Crippen LogP) is 1.49. The van der Waals surface area contributed by atoms with E-state index in [4.69, 9.17) is 4.74 Å². The zero-order valence-corrected chi connectivity index (χ0v) is 14.7. The molecule has 136 valence electrons. The third-order valence-corrected chi connectivity index (χ3v) is 3.60. The largest absolute Gasteiger partial charge is 0.464 e. The quantitative estimate of drug-likeness (QED) is 0.305. The van der Waals surface area contributed by atoms with Crippen LogP contribution in [0.15, 0.2) is 30.5 Å². The molecule has 0 saturated heterocycles. The second-order valence-electron chi connectivity index (χ2n) is 6.13. The molecule has 0 amide bonds. The molecule has 0 heterocycles. The maximum Gasteiger partial charge on any atom is 0.332 e. The lowest BCUT2D eigenvalue weighted by molar-refractivity contribution is -0.148. The summed E-state index contributed by atoms with van der Waals surface area (Å²) in [7, 11) is 3.54. The van der Waals surface area contributed by atoms with Crippen LogP contribution in [0.25, 0.3) is 5.57 Å². The van der Waals surface area contributed by atoms with E-state index in [1.54, 1.807) is 32.1 Å². The second kappa shape index (κ2) is 8.73. The summed E-state index contributed by atoms with van der Waals surface area (Å²) in [5, 5.41) is 0. The summed E-state index contributed by atoms with van der Waals surface area (Å²) in [4.78, 5) is 27.0. The van der Waals surface area contributed by atoms with E-state index in [1.807, 2.05) is 0 Å². The van der Waals surface area contributed by atoms with Crippen molar-refractivity contribution in [3.63, 3.8) is 0 Å². The number of nitrogens with one attached hydrogen (secondary N) is 2. The van der Waals surface area contributed by atoms with Crippen LogP contribution in [-0.4, -0.2) is 49.4 Å². The highest BCUT2D eigenvalue weighted by molar-refractivity contribution is 6.28. The molecule has 1 aromatic carbocycles. The fraction of sp³-hybridized carbons (Fsp3) is 0.444. The lowest BCUT2D eigenvalue weighted by Gasteiger charge is -2.19. The molecule has 1 saturated carbocycles. The van der Waals surface area contributed by atoms with Crippen molar-refractivity contribution in [1.29, 1.82) is 0 Å². The van der Waals surface area contributed by atoms with Crippen LogP contribution in [-0.2, 0) is 14.3 Å². The summed E-state index contributed by atoms with van der Waals surface area (Å²) in [6.07, 6.45) is 3.60. The Kier molecular flexibility index (Phi) is 6.66. The van der Waals surface area contributed by atoms with E-state index in [2.05, 4.69) is 10.9 Å². The molecule has 0 spiro atoms. The molecule has 1 aliphatic rings. The summed E-state index contributed by atoms with van der Waals surface area (Å²) in [5.74, 6) is -1.48. The van der Waals surface area contributed by atoms with E-state index in [-0.39, 0.29) is 12.6 Å². The van der Waals surface area contributed by atoms with Gasteiger partial charge in [-0.05, 0) is 37.5 Å². The number of nitrogens with zero attached hydrogens (tertiary/aromatic N) is 1. The van der Waals surface area contributed by atoms with Crippen molar-refractivity contribution in [3.05, 3.63) is 41.8 Å². The van der Waals surface area contributed by atoms with Crippen molar-refractivity contribution in [3.8, 4) is 0 Å². The van der Waals surface area contributed by atoms with E-state index in [0.717, 1.165) is 12.8 Å². The van der Waals surface area contributed by atoms with Gasteiger partial charge >= 0.3 is 5.97 Å². The van der Waals surface area contributed by atoms with Crippen LogP contribution >= 0.6 is 0 Å². The predicted molar refractivity (Wildman–Crippen MR) is 92.8 cm³/mol. The SMILES string of the molecule is CCOC(=O)C(NNC1CC1)C(=O)/C(=C/N(C)C)c1ccc(F)cc1. The Balaban J connectivity index is 2.28. The first-order valence-electron chi connectivity index (χ1n) is 8.28. The van der Waals surface area contributed by atoms with Gasteiger partial charge in [-0.15, -0.1) is 0 Å². The molecule has 7 heteroatoms. The highest BCUT2D eigenvalue weighted by atomic mass is 19.1.